The lowest BCUT2D eigenvalue weighted by Crippen LogP contribution is -2.08. The standard InChI is InChI=1S/C21H20N8S/c1-14(18-25-19(22)27-20(26-18)23-16-10-6-3-7-11-16)30-21-24-17(28-29-21)13-12-15-8-4-2-5-9-15/h2-14H,1H3,(H,24,28,29)(H3,22,23,25,26,27)/b13-12+. The number of hydrogen-bond acceptors (Lipinski definition) is 8. The van der Waals surface area contributed by atoms with Crippen LogP contribution in [-0.2, 0) is 0 Å². The van der Waals surface area contributed by atoms with E-state index in [2.05, 4.69) is 35.5 Å². The number of para-hydroxylation sites is 1. The topological polar surface area (TPSA) is 118 Å². The summed E-state index contributed by atoms with van der Waals surface area (Å²) in [5, 5.41) is 10.8. The van der Waals surface area contributed by atoms with Gasteiger partial charge in [-0.1, -0.05) is 66.4 Å². The molecule has 2 aromatic heterocycles. The number of nitrogen functional groups attached to an aromatic ring is 1. The van der Waals surface area contributed by atoms with Gasteiger partial charge in [0.05, 0.1) is 5.25 Å². The van der Waals surface area contributed by atoms with Gasteiger partial charge < -0.3 is 11.1 Å². The first kappa shape index (κ1) is 19.6. The van der Waals surface area contributed by atoms with Gasteiger partial charge in [-0.2, -0.15) is 15.0 Å². The Labute approximate surface area is 178 Å². The molecule has 0 amide bonds. The van der Waals surface area contributed by atoms with Crippen LogP contribution >= 0.6 is 11.8 Å². The van der Waals surface area contributed by atoms with E-state index in [9.17, 15) is 0 Å². The highest BCUT2D eigenvalue weighted by molar-refractivity contribution is 7.99. The molecule has 4 N–H and O–H groups in total. The van der Waals surface area contributed by atoms with Crippen molar-refractivity contribution in [1.29, 1.82) is 0 Å². The molecule has 30 heavy (non-hydrogen) atoms. The molecular weight excluding hydrogens is 396 g/mol. The molecule has 2 heterocycles. The minimum Gasteiger partial charge on any atom is -0.368 e. The molecule has 0 saturated heterocycles. The van der Waals surface area contributed by atoms with Crippen molar-refractivity contribution in [3.63, 3.8) is 0 Å². The van der Waals surface area contributed by atoms with Gasteiger partial charge in [0.25, 0.3) is 0 Å². The highest BCUT2D eigenvalue weighted by Gasteiger charge is 2.16. The Bertz CT molecular complexity index is 1130. The number of rotatable bonds is 7. The van der Waals surface area contributed by atoms with E-state index in [1.54, 1.807) is 0 Å². The van der Waals surface area contributed by atoms with E-state index in [-0.39, 0.29) is 11.2 Å². The first-order valence-electron chi connectivity index (χ1n) is 9.31. The number of aromatic amines is 1. The molecule has 4 aromatic rings. The zero-order valence-electron chi connectivity index (χ0n) is 16.2. The number of benzene rings is 2. The third-order valence-electron chi connectivity index (χ3n) is 4.06. The van der Waals surface area contributed by atoms with E-state index in [0.29, 0.717) is 22.8 Å². The maximum atomic E-state index is 5.89. The van der Waals surface area contributed by atoms with Gasteiger partial charge in [-0.15, -0.1) is 5.10 Å². The molecule has 0 aliphatic heterocycles. The SMILES string of the molecule is CC(Sc1n[nH]c(/C=C/c2ccccc2)n1)c1nc(N)nc(Nc2ccccc2)n1. The van der Waals surface area contributed by atoms with E-state index in [1.807, 2.05) is 79.7 Å². The van der Waals surface area contributed by atoms with Crippen LogP contribution in [0.4, 0.5) is 17.6 Å². The lowest BCUT2D eigenvalue weighted by atomic mass is 10.2. The van der Waals surface area contributed by atoms with E-state index in [0.717, 1.165) is 11.3 Å². The molecule has 1 atom stereocenters. The third kappa shape index (κ3) is 5.21. The Kier molecular flexibility index (Phi) is 6.00. The van der Waals surface area contributed by atoms with Gasteiger partial charge in [-0.3, -0.25) is 5.10 Å². The van der Waals surface area contributed by atoms with E-state index < -0.39 is 0 Å². The number of aromatic nitrogens is 6. The summed E-state index contributed by atoms with van der Waals surface area (Å²) in [7, 11) is 0. The average Bonchev–Trinajstić information content (AvgIpc) is 3.20. The molecule has 0 spiro atoms. The predicted molar refractivity (Wildman–Crippen MR) is 120 cm³/mol. The fraction of sp³-hybridized carbons (Fsp3) is 0.0952. The van der Waals surface area contributed by atoms with Gasteiger partial charge in [0.1, 0.15) is 11.6 Å². The number of nitrogens with two attached hydrogens (primary N) is 1. The fourth-order valence-electron chi connectivity index (χ4n) is 2.63. The first-order valence-corrected chi connectivity index (χ1v) is 10.2. The van der Waals surface area contributed by atoms with Gasteiger partial charge in [-0.25, -0.2) is 4.98 Å². The Morgan fingerprint density at radius 1 is 0.933 bits per heavy atom. The van der Waals surface area contributed by atoms with Crippen LogP contribution < -0.4 is 11.1 Å². The highest BCUT2D eigenvalue weighted by atomic mass is 32.2. The Balaban J connectivity index is 1.44. The first-order chi connectivity index (χ1) is 14.7. The molecule has 0 fully saturated rings. The Hall–Kier alpha value is -3.72. The second-order valence-electron chi connectivity index (χ2n) is 6.37. The van der Waals surface area contributed by atoms with Crippen molar-refractivity contribution in [2.24, 2.45) is 0 Å². The fourth-order valence-corrected chi connectivity index (χ4v) is 3.41. The summed E-state index contributed by atoms with van der Waals surface area (Å²) in [6, 6.07) is 19.7. The summed E-state index contributed by atoms with van der Waals surface area (Å²) in [6.07, 6.45) is 3.87. The van der Waals surface area contributed by atoms with Crippen LogP contribution in [0.3, 0.4) is 0 Å². The lowest BCUT2D eigenvalue weighted by Gasteiger charge is -2.10. The smallest absolute Gasteiger partial charge is 0.232 e. The van der Waals surface area contributed by atoms with Crippen molar-refractivity contribution >= 4 is 41.5 Å². The zero-order chi connectivity index (χ0) is 20.8. The van der Waals surface area contributed by atoms with Crippen molar-refractivity contribution < 1.29 is 0 Å². The van der Waals surface area contributed by atoms with Gasteiger partial charge in [0.15, 0.2) is 0 Å². The van der Waals surface area contributed by atoms with Gasteiger partial charge in [0, 0.05) is 5.69 Å². The lowest BCUT2D eigenvalue weighted by molar-refractivity contribution is 0.884. The second-order valence-corrected chi connectivity index (χ2v) is 7.68. The molecule has 0 bridgehead atoms. The third-order valence-corrected chi connectivity index (χ3v) is 5.02. The average molecular weight is 417 g/mol. The summed E-state index contributed by atoms with van der Waals surface area (Å²) in [6.45, 7) is 1.97. The van der Waals surface area contributed by atoms with Gasteiger partial charge in [0.2, 0.25) is 17.1 Å². The molecule has 8 nitrogen and oxygen atoms in total. The number of anilines is 3. The van der Waals surface area contributed by atoms with Crippen molar-refractivity contribution in [2.45, 2.75) is 17.3 Å². The molecule has 4 rings (SSSR count). The summed E-state index contributed by atoms with van der Waals surface area (Å²) in [4.78, 5) is 17.4. The monoisotopic (exact) mass is 416 g/mol. The van der Waals surface area contributed by atoms with Crippen LogP contribution in [0.1, 0.15) is 29.4 Å². The van der Waals surface area contributed by atoms with Gasteiger partial charge >= 0.3 is 0 Å². The normalized spacial score (nSPS) is 12.2. The number of hydrogen-bond donors (Lipinski definition) is 3. The molecule has 9 heteroatoms. The van der Waals surface area contributed by atoms with Crippen LogP contribution in [0.25, 0.3) is 12.2 Å². The number of nitrogens with zero attached hydrogens (tertiary/aromatic N) is 5. The number of H-pyrrole nitrogens is 1. The Morgan fingerprint density at radius 2 is 1.67 bits per heavy atom. The largest absolute Gasteiger partial charge is 0.368 e. The van der Waals surface area contributed by atoms with E-state index >= 15 is 0 Å². The minimum atomic E-state index is -0.117. The molecular formula is C21H20N8S. The molecule has 0 saturated carbocycles. The van der Waals surface area contributed by atoms with Crippen LogP contribution in [0, 0.1) is 0 Å². The van der Waals surface area contributed by atoms with Crippen molar-refractivity contribution in [3.05, 3.63) is 77.9 Å². The highest BCUT2D eigenvalue weighted by Crippen LogP contribution is 2.31. The predicted octanol–water partition coefficient (Wildman–Crippen LogP) is 4.34. The minimum absolute atomic E-state index is 0.117. The van der Waals surface area contributed by atoms with Crippen LogP contribution in [0.5, 0.6) is 0 Å². The number of thioether (sulfide) groups is 1. The summed E-state index contributed by atoms with van der Waals surface area (Å²) >= 11 is 1.44. The number of nitrogens with one attached hydrogen (secondary N) is 2. The maximum absolute atomic E-state index is 5.89. The molecule has 0 radical (unpaired) electrons. The van der Waals surface area contributed by atoms with Crippen LogP contribution in [0.15, 0.2) is 65.8 Å². The maximum Gasteiger partial charge on any atom is 0.232 e. The molecule has 150 valence electrons. The summed E-state index contributed by atoms with van der Waals surface area (Å²) < 4.78 is 0. The molecule has 0 aliphatic rings. The molecule has 0 aliphatic carbocycles. The molecule has 1 unspecified atom stereocenters. The molecule has 2 aromatic carbocycles. The van der Waals surface area contributed by atoms with Crippen molar-refractivity contribution in [3.8, 4) is 0 Å². The van der Waals surface area contributed by atoms with Crippen molar-refractivity contribution in [1.82, 2.24) is 30.1 Å². The van der Waals surface area contributed by atoms with Crippen LogP contribution in [-0.4, -0.2) is 30.1 Å². The quantitative estimate of drug-likeness (QED) is 0.381. The summed E-state index contributed by atoms with van der Waals surface area (Å²) in [5.74, 6) is 1.79. The van der Waals surface area contributed by atoms with Crippen LogP contribution in [0.2, 0.25) is 0 Å². The summed E-state index contributed by atoms with van der Waals surface area (Å²) in [5.41, 5.74) is 7.85. The Morgan fingerprint density at radius 3 is 2.43 bits per heavy atom. The second kappa shape index (κ2) is 9.19. The zero-order valence-corrected chi connectivity index (χ0v) is 17.0. The van der Waals surface area contributed by atoms with E-state index in [1.165, 1.54) is 11.8 Å². The van der Waals surface area contributed by atoms with Crippen molar-refractivity contribution in [2.75, 3.05) is 11.1 Å². The van der Waals surface area contributed by atoms with Gasteiger partial charge in [-0.05, 0) is 30.7 Å². The van der Waals surface area contributed by atoms with E-state index in [4.69, 9.17) is 5.73 Å².